The van der Waals surface area contributed by atoms with Crippen LogP contribution >= 0.6 is 0 Å². The Morgan fingerprint density at radius 2 is 1.44 bits per heavy atom. The molecule has 27 heavy (non-hydrogen) atoms. The Kier molecular flexibility index (Phi) is 3.65. The second kappa shape index (κ2) is 6.29. The quantitative estimate of drug-likeness (QED) is 0.273. The zero-order valence-corrected chi connectivity index (χ0v) is 14.5. The van der Waals surface area contributed by atoms with Gasteiger partial charge in [-0.15, -0.1) is 0 Å². The molecule has 130 valence electrons. The number of hydrogen-bond donors (Lipinski definition) is 0. The van der Waals surface area contributed by atoms with Gasteiger partial charge in [-0.05, 0) is 63.5 Å². The van der Waals surface area contributed by atoms with Gasteiger partial charge < -0.3 is 9.47 Å². The number of allylic oxidation sites excluding steroid dienone is 1. The van der Waals surface area contributed by atoms with Crippen molar-refractivity contribution in [2.75, 3.05) is 6.79 Å². The Morgan fingerprint density at radius 3 is 2.19 bits per heavy atom. The van der Waals surface area contributed by atoms with Crippen LogP contribution in [0.15, 0.2) is 78.9 Å². The molecule has 0 N–H and O–H groups in total. The molecule has 3 nitrogen and oxygen atoms in total. The van der Waals surface area contributed by atoms with Crippen molar-refractivity contribution in [1.82, 2.24) is 0 Å². The maximum atomic E-state index is 12.7. The second-order valence-corrected chi connectivity index (χ2v) is 6.50. The summed E-state index contributed by atoms with van der Waals surface area (Å²) in [5.41, 5.74) is 1.64. The number of ketones is 1. The predicted octanol–water partition coefficient (Wildman–Crippen LogP) is 5.62. The molecule has 1 aliphatic rings. The Labute approximate surface area is 156 Å². The molecule has 0 aliphatic carbocycles. The third-order valence-electron chi connectivity index (χ3n) is 4.87. The highest BCUT2D eigenvalue weighted by molar-refractivity contribution is 6.12. The highest BCUT2D eigenvalue weighted by Crippen LogP contribution is 2.33. The normalized spacial score (nSPS) is 12.9. The van der Waals surface area contributed by atoms with Gasteiger partial charge in [-0.3, -0.25) is 4.79 Å². The first-order chi connectivity index (χ1) is 13.3. The van der Waals surface area contributed by atoms with Gasteiger partial charge in [-0.25, -0.2) is 0 Å². The number of hydrogen-bond acceptors (Lipinski definition) is 3. The average molecular weight is 352 g/mol. The van der Waals surface area contributed by atoms with Crippen molar-refractivity contribution >= 4 is 33.4 Å². The molecule has 3 heteroatoms. The molecule has 0 saturated carbocycles. The van der Waals surface area contributed by atoms with E-state index in [-0.39, 0.29) is 12.6 Å². The maximum absolute atomic E-state index is 12.7. The van der Waals surface area contributed by atoms with Crippen molar-refractivity contribution < 1.29 is 14.3 Å². The van der Waals surface area contributed by atoms with Gasteiger partial charge in [0, 0.05) is 5.56 Å². The Hall–Kier alpha value is -3.59. The molecule has 0 saturated heterocycles. The molecule has 4 aromatic carbocycles. The van der Waals surface area contributed by atoms with Gasteiger partial charge in [0.05, 0.1) is 0 Å². The molecular weight excluding hydrogens is 336 g/mol. The van der Waals surface area contributed by atoms with Crippen LogP contribution in [0.1, 0.15) is 15.9 Å². The maximum Gasteiger partial charge on any atom is 0.231 e. The summed E-state index contributed by atoms with van der Waals surface area (Å²) in [5, 5.41) is 4.58. The summed E-state index contributed by atoms with van der Waals surface area (Å²) in [5.74, 6) is 1.23. The summed E-state index contributed by atoms with van der Waals surface area (Å²) in [6.07, 6.45) is 3.54. The van der Waals surface area contributed by atoms with Crippen LogP contribution in [0.2, 0.25) is 0 Å². The lowest BCUT2D eigenvalue weighted by molar-refractivity contribution is 0.104. The number of carbonyl (C=O) groups is 1. The van der Waals surface area contributed by atoms with E-state index in [0.717, 1.165) is 27.1 Å². The second-order valence-electron chi connectivity index (χ2n) is 6.50. The van der Waals surface area contributed by atoms with Crippen LogP contribution in [0.25, 0.3) is 27.6 Å². The van der Waals surface area contributed by atoms with Crippen LogP contribution in [-0.4, -0.2) is 12.6 Å². The SMILES string of the molecule is O=C(/C=C/c1c2ccccc2cc2ccccc12)c1ccc2c(c1)OCO2. The third kappa shape index (κ3) is 2.74. The van der Waals surface area contributed by atoms with Gasteiger partial charge in [0.1, 0.15) is 0 Å². The lowest BCUT2D eigenvalue weighted by Crippen LogP contribution is -1.94. The lowest BCUT2D eigenvalue weighted by Gasteiger charge is -2.08. The zero-order chi connectivity index (χ0) is 18.2. The van der Waals surface area contributed by atoms with Crippen molar-refractivity contribution in [2.24, 2.45) is 0 Å². The first-order valence-electron chi connectivity index (χ1n) is 8.82. The van der Waals surface area contributed by atoms with Crippen LogP contribution in [0.5, 0.6) is 11.5 Å². The first-order valence-corrected chi connectivity index (χ1v) is 8.82. The molecule has 1 aliphatic heterocycles. The molecular formula is C24H16O3. The van der Waals surface area contributed by atoms with E-state index >= 15 is 0 Å². The molecule has 0 radical (unpaired) electrons. The molecule has 0 bridgehead atoms. The minimum Gasteiger partial charge on any atom is -0.454 e. The van der Waals surface area contributed by atoms with Gasteiger partial charge in [0.15, 0.2) is 17.3 Å². The monoisotopic (exact) mass is 352 g/mol. The predicted molar refractivity (Wildman–Crippen MR) is 107 cm³/mol. The van der Waals surface area contributed by atoms with Crippen molar-refractivity contribution in [3.63, 3.8) is 0 Å². The van der Waals surface area contributed by atoms with E-state index in [2.05, 4.69) is 30.3 Å². The van der Waals surface area contributed by atoms with E-state index in [4.69, 9.17) is 9.47 Å². The summed E-state index contributed by atoms with van der Waals surface area (Å²) in [6.45, 7) is 0.199. The Morgan fingerprint density at radius 1 is 0.778 bits per heavy atom. The van der Waals surface area contributed by atoms with Gasteiger partial charge >= 0.3 is 0 Å². The molecule has 0 spiro atoms. The zero-order valence-electron chi connectivity index (χ0n) is 14.5. The topological polar surface area (TPSA) is 35.5 Å². The van der Waals surface area contributed by atoms with Crippen molar-refractivity contribution in [3.05, 3.63) is 90.0 Å². The highest BCUT2D eigenvalue weighted by atomic mass is 16.7. The van der Waals surface area contributed by atoms with Crippen molar-refractivity contribution in [3.8, 4) is 11.5 Å². The van der Waals surface area contributed by atoms with Crippen LogP contribution in [0.4, 0.5) is 0 Å². The fraction of sp³-hybridized carbons (Fsp3) is 0.0417. The number of carbonyl (C=O) groups excluding carboxylic acids is 1. The van der Waals surface area contributed by atoms with Crippen LogP contribution < -0.4 is 9.47 Å². The van der Waals surface area contributed by atoms with E-state index in [1.165, 1.54) is 0 Å². The van der Waals surface area contributed by atoms with Crippen molar-refractivity contribution in [1.29, 1.82) is 0 Å². The fourth-order valence-corrected chi connectivity index (χ4v) is 3.53. The minimum absolute atomic E-state index is 0.0645. The summed E-state index contributed by atoms with van der Waals surface area (Å²) in [4.78, 5) is 12.7. The van der Waals surface area contributed by atoms with Gasteiger partial charge in [0.2, 0.25) is 6.79 Å². The minimum atomic E-state index is -0.0645. The van der Waals surface area contributed by atoms with Crippen LogP contribution in [-0.2, 0) is 0 Å². The summed E-state index contributed by atoms with van der Waals surface area (Å²) < 4.78 is 10.7. The van der Waals surface area contributed by atoms with E-state index in [1.807, 2.05) is 30.3 Å². The van der Waals surface area contributed by atoms with Crippen molar-refractivity contribution in [2.45, 2.75) is 0 Å². The number of ether oxygens (including phenoxy) is 2. The van der Waals surface area contributed by atoms with E-state index in [0.29, 0.717) is 17.1 Å². The molecule has 0 atom stereocenters. The Bertz CT molecular complexity index is 1170. The Balaban J connectivity index is 1.59. The first kappa shape index (κ1) is 15.6. The number of rotatable bonds is 3. The molecule has 5 rings (SSSR count). The molecule has 0 unspecified atom stereocenters. The number of fused-ring (bicyclic) bond motifs is 3. The van der Waals surface area contributed by atoms with E-state index < -0.39 is 0 Å². The van der Waals surface area contributed by atoms with Gasteiger partial charge in [-0.1, -0.05) is 48.5 Å². The van der Waals surface area contributed by atoms with E-state index in [9.17, 15) is 4.79 Å². The summed E-state index contributed by atoms with van der Waals surface area (Å²) in [6, 6.07) is 23.9. The summed E-state index contributed by atoms with van der Waals surface area (Å²) >= 11 is 0. The standard InChI is InChI=1S/C24H16O3/c25-22(18-9-12-23-24(14-18)27-15-26-23)11-10-21-19-7-3-1-5-16(19)13-17-6-2-4-8-20(17)21/h1-14H,15H2/b11-10+. The van der Waals surface area contributed by atoms with E-state index in [1.54, 1.807) is 24.3 Å². The van der Waals surface area contributed by atoms with Crippen LogP contribution in [0.3, 0.4) is 0 Å². The highest BCUT2D eigenvalue weighted by Gasteiger charge is 2.15. The van der Waals surface area contributed by atoms with Gasteiger partial charge in [-0.2, -0.15) is 0 Å². The molecule has 0 aromatic heterocycles. The fourth-order valence-electron chi connectivity index (χ4n) is 3.53. The summed E-state index contributed by atoms with van der Waals surface area (Å²) in [7, 11) is 0. The molecule has 0 amide bonds. The lowest BCUT2D eigenvalue weighted by atomic mass is 9.96. The van der Waals surface area contributed by atoms with Gasteiger partial charge in [0.25, 0.3) is 0 Å². The smallest absolute Gasteiger partial charge is 0.231 e. The molecule has 1 heterocycles. The number of benzene rings is 4. The average Bonchev–Trinajstić information content (AvgIpc) is 3.18. The molecule has 0 fully saturated rings. The molecule has 4 aromatic rings. The third-order valence-corrected chi connectivity index (χ3v) is 4.87. The largest absolute Gasteiger partial charge is 0.454 e. The van der Waals surface area contributed by atoms with Crippen LogP contribution in [0, 0.1) is 0 Å².